The van der Waals surface area contributed by atoms with Crippen molar-refractivity contribution >= 4 is 17.3 Å². The van der Waals surface area contributed by atoms with Crippen LogP contribution in [-0.4, -0.2) is 71.0 Å². The number of methoxy groups -OCH3 is 2. The van der Waals surface area contributed by atoms with Gasteiger partial charge >= 0.3 is 0 Å². The highest BCUT2D eigenvalue weighted by atomic mass is 32.1. The molecule has 0 spiro atoms. The van der Waals surface area contributed by atoms with Crippen molar-refractivity contribution in [2.24, 2.45) is 4.99 Å². The molecule has 1 atom stereocenters. The summed E-state index contributed by atoms with van der Waals surface area (Å²) in [7, 11) is 3.37. The molecule has 1 aliphatic rings. The van der Waals surface area contributed by atoms with E-state index < -0.39 is 0 Å². The van der Waals surface area contributed by atoms with Gasteiger partial charge in [0, 0.05) is 31.1 Å². The number of morpholine rings is 1. The molecule has 0 bridgehead atoms. The number of nitrogens with one attached hydrogen (secondary N) is 2. The van der Waals surface area contributed by atoms with Gasteiger partial charge in [-0.1, -0.05) is 6.07 Å². The molecule has 1 saturated heterocycles. The molecule has 0 radical (unpaired) electrons. The third kappa shape index (κ3) is 6.85. The number of hydrogen-bond donors (Lipinski definition) is 2. The monoisotopic (exact) mass is 446 g/mol. The van der Waals surface area contributed by atoms with Crippen LogP contribution in [0.1, 0.15) is 23.4 Å². The summed E-state index contributed by atoms with van der Waals surface area (Å²) in [5.74, 6) is 2.54. The highest BCUT2D eigenvalue weighted by Crippen LogP contribution is 2.26. The minimum atomic E-state index is 0.276. The van der Waals surface area contributed by atoms with E-state index in [-0.39, 0.29) is 6.04 Å². The molecule has 1 unspecified atom stereocenters. The van der Waals surface area contributed by atoms with Crippen molar-refractivity contribution in [3.05, 3.63) is 46.2 Å². The Hall–Kier alpha value is -2.29. The van der Waals surface area contributed by atoms with Crippen LogP contribution < -0.4 is 20.1 Å². The summed E-state index contributed by atoms with van der Waals surface area (Å²) < 4.78 is 16.4. The smallest absolute Gasteiger partial charge is 0.191 e. The van der Waals surface area contributed by atoms with E-state index in [1.54, 1.807) is 25.6 Å². The van der Waals surface area contributed by atoms with Gasteiger partial charge < -0.3 is 24.8 Å². The van der Waals surface area contributed by atoms with E-state index in [2.05, 4.69) is 40.0 Å². The van der Waals surface area contributed by atoms with Crippen LogP contribution in [-0.2, 0) is 11.2 Å². The van der Waals surface area contributed by atoms with Gasteiger partial charge in [0.1, 0.15) is 11.5 Å². The van der Waals surface area contributed by atoms with Gasteiger partial charge in [0.2, 0.25) is 0 Å². The molecule has 2 N–H and O–H groups in total. The fourth-order valence-corrected chi connectivity index (χ4v) is 4.52. The van der Waals surface area contributed by atoms with E-state index >= 15 is 0 Å². The summed E-state index contributed by atoms with van der Waals surface area (Å²) in [6, 6.07) is 10.5. The van der Waals surface area contributed by atoms with Gasteiger partial charge in [0.15, 0.2) is 5.96 Å². The van der Waals surface area contributed by atoms with Crippen LogP contribution in [0.4, 0.5) is 0 Å². The number of ether oxygens (including phenoxy) is 3. The summed E-state index contributed by atoms with van der Waals surface area (Å²) >= 11 is 1.79. The molecule has 170 valence electrons. The Kier molecular flexibility index (Phi) is 9.45. The van der Waals surface area contributed by atoms with Crippen LogP contribution >= 0.6 is 11.3 Å². The molecule has 0 amide bonds. The lowest BCUT2D eigenvalue weighted by Crippen LogP contribution is -2.42. The third-order valence-electron chi connectivity index (χ3n) is 5.30. The Bertz CT molecular complexity index is 807. The lowest BCUT2D eigenvalue weighted by molar-refractivity contribution is 0.0186. The van der Waals surface area contributed by atoms with Gasteiger partial charge in [0.05, 0.1) is 40.0 Å². The van der Waals surface area contributed by atoms with Crippen LogP contribution in [0.2, 0.25) is 0 Å². The Morgan fingerprint density at radius 3 is 2.71 bits per heavy atom. The predicted octanol–water partition coefficient (Wildman–Crippen LogP) is 2.94. The minimum absolute atomic E-state index is 0.276. The van der Waals surface area contributed by atoms with E-state index in [1.807, 2.05) is 18.2 Å². The first-order chi connectivity index (χ1) is 15.2. The number of thiophene rings is 1. The van der Waals surface area contributed by atoms with E-state index in [0.717, 1.165) is 68.8 Å². The molecule has 1 aliphatic heterocycles. The summed E-state index contributed by atoms with van der Waals surface area (Å²) in [6.45, 7) is 7.80. The van der Waals surface area contributed by atoms with Gasteiger partial charge in [-0.25, -0.2) is 0 Å². The van der Waals surface area contributed by atoms with Crippen molar-refractivity contribution in [3.8, 4) is 11.5 Å². The zero-order valence-electron chi connectivity index (χ0n) is 18.7. The number of nitrogens with zero attached hydrogens (tertiary/aromatic N) is 2. The molecule has 1 fully saturated rings. The van der Waals surface area contributed by atoms with Crippen molar-refractivity contribution in [3.63, 3.8) is 0 Å². The quantitative estimate of drug-likeness (QED) is 0.432. The summed E-state index contributed by atoms with van der Waals surface area (Å²) in [6.07, 6.45) is 0.808. The molecular weight excluding hydrogens is 412 g/mol. The average Bonchev–Trinajstić information content (AvgIpc) is 3.34. The summed E-state index contributed by atoms with van der Waals surface area (Å²) in [4.78, 5) is 8.74. The van der Waals surface area contributed by atoms with Crippen molar-refractivity contribution < 1.29 is 14.2 Å². The van der Waals surface area contributed by atoms with Gasteiger partial charge in [0.25, 0.3) is 0 Å². The molecule has 8 heteroatoms. The second-order valence-electron chi connectivity index (χ2n) is 7.25. The maximum atomic E-state index is 5.54. The molecule has 3 rings (SSSR count). The Morgan fingerprint density at radius 1 is 1.19 bits per heavy atom. The van der Waals surface area contributed by atoms with E-state index in [9.17, 15) is 0 Å². The number of benzene rings is 1. The fraction of sp³-hybridized carbons (Fsp3) is 0.522. The van der Waals surface area contributed by atoms with Crippen LogP contribution in [0.3, 0.4) is 0 Å². The lowest BCUT2D eigenvalue weighted by atomic mass is 10.1. The highest BCUT2D eigenvalue weighted by molar-refractivity contribution is 7.10. The first-order valence-corrected chi connectivity index (χ1v) is 11.7. The minimum Gasteiger partial charge on any atom is -0.497 e. The Labute approximate surface area is 189 Å². The number of guanidine groups is 1. The van der Waals surface area contributed by atoms with E-state index in [0.29, 0.717) is 6.54 Å². The molecular formula is C23H34N4O3S. The van der Waals surface area contributed by atoms with E-state index in [1.165, 1.54) is 4.88 Å². The van der Waals surface area contributed by atoms with E-state index in [4.69, 9.17) is 19.2 Å². The van der Waals surface area contributed by atoms with Gasteiger partial charge in [-0.05, 0) is 48.6 Å². The largest absolute Gasteiger partial charge is 0.497 e. The number of aliphatic imine (C=N–C) groups is 1. The predicted molar refractivity (Wildman–Crippen MR) is 127 cm³/mol. The summed E-state index contributed by atoms with van der Waals surface area (Å²) in [5, 5.41) is 8.97. The zero-order chi connectivity index (χ0) is 21.9. The maximum absolute atomic E-state index is 5.54. The van der Waals surface area contributed by atoms with Gasteiger partial charge in [-0.15, -0.1) is 11.3 Å². The highest BCUT2D eigenvalue weighted by Gasteiger charge is 2.23. The average molecular weight is 447 g/mol. The van der Waals surface area contributed by atoms with Crippen LogP contribution in [0.25, 0.3) is 0 Å². The summed E-state index contributed by atoms with van der Waals surface area (Å²) in [5.41, 5.74) is 1.11. The Balaban J connectivity index is 1.63. The Morgan fingerprint density at radius 2 is 2.03 bits per heavy atom. The second kappa shape index (κ2) is 12.5. The molecule has 7 nitrogen and oxygen atoms in total. The molecule has 31 heavy (non-hydrogen) atoms. The number of rotatable bonds is 10. The first kappa shape index (κ1) is 23.4. The van der Waals surface area contributed by atoms with Gasteiger partial charge in [-0.3, -0.25) is 9.89 Å². The standard InChI is InChI=1S/C23H34N4O3S/c1-4-24-23(25-10-9-18-16-19(28-2)7-8-21(18)29-3)26-17-20(22-6-5-15-31-22)27-11-13-30-14-12-27/h5-8,15-16,20H,4,9-14,17H2,1-3H3,(H2,24,25,26). The van der Waals surface area contributed by atoms with Gasteiger partial charge in [-0.2, -0.15) is 0 Å². The third-order valence-corrected chi connectivity index (χ3v) is 6.27. The molecule has 1 aromatic carbocycles. The van der Waals surface area contributed by atoms with Crippen molar-refractivity contribution in [1.29, 1.82) is 0 Å². The zero-order valence-corrected chi connectivity index (χ0v) is 19.5. The molecule has 0 aliphatic carbocycles. The van der Waals surface area contributed by atoms with Crippen molar-refractivity contribution in [2.45, 2.75) is 19.4 Å². The van der Waals surface area contributed by atoms with Crippen LogP contribution in [0.5, 0.6) is 11.5 Å². The second-order valence-corrected chi connectivity index (χ2v) is 8.23. The molecule has 2 heterocycles. The lowest BCUT2D eigenvalue weighted by Gasteiger charge is -2.33. The van der Waals surface area contributed by atoms with Crippen LogP contribution in [0.15, 0.2) is 40.7 Å². The number of hydrogen-bond acceptors (Lipinski definition) is 6. The van der Waals surface area contributed by atoms with Crippen molar-refractivity contribution in [2.75, 3.05) is 60.2 Å². The topological polar surface area (TPSA) is 67.4 Å². The SMILES string of the molecule is CCNC(=NCC(c1cccs1)N1CCOCC1)NCCc1cc(OC)ccc1OC. The van der Waals surface area contributed by atoms with Crippen LogP contribution in [0, 0.1) is 0 Å². The normalized spacial score (nSPS) is 16.0. The molecule has 0 saturated carbocycles. The molecule has 2 aromatic rings. The molecule has 1 aromatic heterocycles. The fourth-order valence-electron chi connectivity index (χ4n) is 3.67. The van der Waals surface area contributed by atoms with Crippen molar-refractivity contribution in [1.82, 2.24) is 15.5 Å². The first-order valence-electron chi connectivity index (χ1n) is 10.8. The maximum Gasteiger partial charge on any atom is 0.191 e.